The number of thioether (sulfide) groups is 1. The topological polar surface area (TPSA) is 24.4 Å². The first-order valence-corrected chi connectivity index (χ1v) is 6.18. The van der Waals surface area contributed by atoms with Gasteiger partial charge in [-0.05, 0) is 26.7 Å². The van der Waals surface area contributed by atoms with Crippen molar-refractivity contribution < 1.29 is 0 Å². The van der Waals surface area contributed by atoms with Gasteiger partial charge in [-0.25, -0.2) is 0 Å². The van der Waals surface area contributed by atoms with E-state index in [1.165, 1.54) is 36.6 Å². The van der Waals surface area contributed by atoms with Crippen LogP contribution in [0.4, 0.5) is 0 Å². The lowest BCUT2D eigenvalue weighted by Crippen LogP contribution is -2.40. The van der Waals surface area contributed by atoms with E-state index >= 15 is 0 Å². The Bertz CT molecular complexity index is 217. The van der Waals surface area contributed by atoms with Crippen LogP contribution in [0.5, 0.6) is 0 Å². The van der Waals surface area contributed by atoms with E-state index in [2.05, 4.69) is 24.2 Å². The Morgan fingerprint density at radius 3 is 2.69 bits per heavy atom. The molecule has 2 aliphatic rings. The van der Waals surface area contributed by atoms with Gasteiger partial charge in [0.2, 0.25) is 0 Å². The van der Waals surface area contributed by atoms with Gasteiger partial charge in [0, 0.05) is 17.3 Å². The summed E-state index contributed by atoms with van der Waals surface area (Å²) in [7, 11) is 0. The molecule has 1 spiro atoms. The van der Waals surface area contributed by atoms with Crippen molar-refractivity contribution in [3.63, 3.8) is 0 Å². The molecular weight excluding hydrogens is 180 g/mol. The molecule has 2 fully saturated rings. The third-order valence-electron chi connectivity index (χ3n) is 2.79. The minimum atomic E-state index is 0.423. The van der Waals surface area contributed by atoms with Crippen molar-refractivity contribution in [2.24, 2.45) is 4.99 Å². The number of hydrogen-bond donors (Lipinski definition) is 1. The van der Waals surface area contributed by atoms with Gasteiger partial charge >= 0.3 is 0 Å². The Kier molecular flexibility index (Phi) is 2.54. The molecule has 2 rings (SSSR count). The summed E-state index contributed by atoms with van der Waals surface area (Å²) in [5.74, 6) is 1.23. The van der Waals surface area contributed by atoms with Gasteiger partial charge in [-0.1, -0.05) is 24.6 Å². The summed E-state index contributed by atoms with van der Waals surface area (Å²) in [4.78, 5) is 4.56. The zero-order valence-corrected chi connectivity index (χ0v) is 9.28. The SMILES string of the molecule is CC(C)N=C1NC2(CCCC2)CS1. The second-order valence-electron chi connectivity index (χ2n) is 4.43. The first-order valence-electron chi connectivity index (χ1n) is 5.19. The maximum atomic E-state index is 4.56. The van der Waals surface area contributed by atoms with Gasteiger partial charge in [0.25, 0.3) is 0 Å². The summed E-state index contributed by atoms with van der Waals surface area (Å²) in [5.41, 5.74) is 0.429. The van der Waals surface area contributed by atoms with E-state index in [0.29, 0.717) is 11.6 Å². The minimum Gasteiger partial charge on any atom is -0.359 e. The van der Waals surface area contributed by atoms with E-state index in [-0.39, 0.29) is 0 Å². The van der Waals surface area contributed by atoms with Crippen LogP contribution in [0.15, 0.2) is 4.99 Å². The molecule has 1 aliphatic carbocycles. The molecule has 13 heavy (non-hydrogen) atoms. The molecule has 0 amide bonds. The fourth-order valence-electron chi connectivity index (χ4n) is 2.13. The maximum absolute atomic E-state index is 4.56. The van der Waals surface area contributed by atoms with Gasteiger partial charge in [-0.3, -0.25) is 4.99 Å². The number of rotatable bonds is 1. The third kappa shape index (κ3) is 2.01. The predicted octanol–water partition coefficient (Wildman–Crippen LogP) is 2.40. The van der Waals surface area contributed by atoms with Gasteiger partial charge in [-0.15, -0.1) is 0 Å². The summed E-state index contributed by atoms with van der Waals surface area (Å²) in [5, 5.41) is 4.79. The van der Waals surface area contributed by atoms with Crippen LogP contribution in [0.1, 0.15) is 39.5 Å². The van der Waals surface area contributed by atoms with Crippen LogP contribution in [0.25, 0.3) is 0 Å². The van der Waals surface area contributed by atoms with Crippen molar-refractivity contribution in [3.05, 3.63) is 0 Å². The van der Waals surface area contributed by atoms with Gasteiger partial charge in [0.05, 0.1) is 0 Å². The highest BCUT2D eigenvalue weighted by atomic mass is 32.2. The van der Waals surface area contributed by atoms with Gasteiger partial charge in [0.15, 0.2) is 5.17 Å². The van der Waals surface area contributed by atoms with E-state index in [4.69, 9.17) is 0 Å². The number of nitrogens with zero attached hydrogens (tertiary/aromatic N) is 1. The summed E-state index contributed by atoms with van der Waals surface area (Å²) in [6.45, 7) is 4.27. The lowest BCUT2D eigenvalue weighted by atomic mass is 10.0. The minimum absolute atomic E-state index is 0.423. The van der Waals surface area contributed by atoms with E-state index in [1.54, 1.807) is 0 Å². The van der Waals surface area contributed by atoms with Crippen LogP contribution >= 0.6 is 11.8 Å². The Morgan fingerprint density at radius 1 is 1.38 bits per heavy atom. The Balaban J connectivity index is 2.00. The zero-order chi connectivity index (χ0) is 9.31. The van der Waals surface area contributed by atoms with E-state index in [1.807, 2.05) is 11.8 Å². The van der Waals surface area contributed by atoms with E-state index in [0.717, 1.165) is 0 Å². The van der Waals surface area contributed by atoms with Crippen LogP contribution in [0.3, 0.4) is 0 Å². The van der Waals surface area contributed by atoms with Crippen molar-refractivity contribution in [1.82, 2.24) is 5.32 Å². The molecule has 1 saturated heterocycles. The van der Waals surface area contributed by atoms with Crippen molar-refractivity contribution in [1.29, 1.82) is 0 Å². The fraction of sp³-hybridized carbons (Fsp3) is 0.900. The quantitative estimate of drug-likeness (QED) is 0.699. The summed E-state index contributed by atoms with van der Waals surface area (Å²) < 4.78 is 0. The Labute approximate surface area is 84.6 Å². The number of aliphatic imine (C=N–C) groups is 1. The molecule has 2 nitrogen and oxygen atoms in total. The highest BCUT2D eigenvalue weighted by Crippen LogP contribution is 2.37. The van der Waals surface area contributed by atoms with Gasteiger partial charge in [-0.2, -0.15) is 0 Å². The lowest BCUT2D eigenvalue weighted by molar-refractivity contribution is 0.452. The van der Waals surface area contributed by atoms with Crippen LogP contribution in [-0.2, 0) is 0 Å². The molecule has 0 unspecified atom stereocenters. The first-order chi connectivity index (χ1) is 6.20. The molecule has 0 bridgehead atoms. The van der Waals surface area contributed by atoms with Crippen molar-refractivity contribution >= 4 is 16.9 Å². The molecule has 3 heteroatoms. The van der Waals surface area contributed by atoms with Crippen LogP contribution in [0.2, 0.25) is 0 Å². The maximum Gasteiger partial charge on any atom is 0.157 e. The molecule has 0 radical (unpaired) electrons. The van der Waals surface area contributed by atoms with Gasteiger partial charge < -0.3 is 5.32 Å². The lowest BCUT2D eigenvalue weighted by Gasteiger charge is -2.21. The largest absolute Gasteiger partial charge is 0.359 e. The highest BCUT2D eigenvalue weighted by molar-refractivity contribution is 8.14. The Morgan fingerprint density at radius 2 is 2.08 bits per heavy atom. The molecule has 0 atom stereocenters. The summed E-state index contributed by atoms with van der Waals surface area (Å²) in [6, 6.07) is 0.423. The molecular formula is C10H18N2S. The number of hydrogen-bond acceptors (Lipinski definition) is 2. The van der Waals surface area contributed by atoms with Crippen molar-refractivity contribution in [2.45, 2.75) is 51.1 Å². The zero-order valence-electron chi connectivity index (χ0n) is 8.47. The number of amidine groups is 1. The van der Waals surface area contributed by atoms with E-state index < -0.39 is 0 Å². The molecule has 0 aromatic rings. The second-order valence-corrected chi connectivity index (χ2v) is 5.39. The van der Waals surface area contributed by atoms with Gasteiger partial charge in [0.1, 0.15) is 0 Å². The molecule has 1 aliphatic heterocycles. The fourth-order valence-corrected chi connectivity index (χ4v) is 3.48. The highest BCUT2D eigenvalue weighted by Gasteiger charge is 2.39. The third-order valence-corrected chi connectivity index (χ3v) is 3.97. The molecule has 1 saturated carbocycles. The monoisotopic (exact) mass is 198 g/mol. The molecule has 1 N–H and O–H groups in total. The van der Waals surface area contributed by atoms with Crippen molar-refractivity contribution in [2.75, 3.05) is 5.75 Å². The molecule has 0 aromatic heterocycles. The normalized spacial score (nSPS) is 29.0. The molecule has 0 aromatic carbocycles. The summed E-state index contributed by atoms with van der Waals surface area (Å²) >= 11 is 1.91. The average Bonchev–Trinajstić information content (AvgIpc) is 2.63. The van der Waals surface area contributed by atoms with Crippen LogP contribution in [-0.4, -0.2) is 22.5 Å². The predicted molar refractivity (Wildman–Crippen MR) is 59.4 cm³/mol. The average molecular weight is 198 g/mol. The molecule has 74 valence electrons. The van der Waals surface area contributed by atoms with Crippen LogP contribution < -0.4 is 5.32 Å². The van der Waals surface area contributed by atoms with E-state index in [9.17, 15) is 0 Å². The standard InChI is InChI=1S/C10H18N2S/c1-8(2)11-9-12-10(7-13-9)5-3-4-6-10/h8H,3-7H2,1-2H3,(H,11,12). The molecule has 1 heterocycles. The number of nitrogens with one attached hydrogen (secondary N) is 1. The first kappa shape index (κ1) is 9.38. The smallest absolute Gasteiger partial charge is 0.157 e. The Hall–Kier alpha value is -0.180. The second kappa shape index (κ2) is 3.52. The summed E-state index contributed by atoms with van der Waals surface area (Å²) in [6.07, 6.45) is 5.47. The van der Waals surface area contributed by atoms with Crippen molar-refractivity contribution in [3.8, 4) is 0 Å². The van der Waals surface area contributed by atoms with Crippen LogP contribution in [0, 0.1) is 0 Å².